The first kappa shape index (κ1) is 21.3. The highest BCUT2D eigenvalue weighted by Crippen LogP contribution is 2.61. The van der Waals surface area contributed by atoms with Crippen molar-refractivity contribution in [1.82, 2.24) is 0 Å². The predicted molar refractivity (Wildman–Crippen MR) is 274 cm³/mol. The van der Waals surface area contributed by atoms with E-state index in [-0.39, 0.29) is 106 Å². The van der Waals surface area contributed by atoms with E-state index in [1.54, 1.807) is 18.7 Å². The molecule has 0 radical (unpaired) electrons. The molecular weight excluding hydrogens is 796 g/mol. The topological polar surface area (TPSA) is 15.7 Å². The van der Waals surface area contributed by atoms with Crippen molar-refractivity contribution in [2.24, 2.45) is 0 Å². The van der Waals surface area contributed by atoms with E-state index in [4.69, 9.17) is 22.6 Å². The molecule has 3 nitrogen and oxygen atoms in total. The summed E-state index contributed by atoms with van der Waals surface area (Å²) in [6.45, 7) is 7.38. The maximum absolute atomic E-state index is 10.9. The van der Waals surface area contributed by atoms with E-state index in [1.165, 1.54) is 11.0 Å². The molecule has 4 heterocycles. The van der Waals surface area contributed by atoms with Crippen LogP contribution in [0.2, 0.25) is 0 Å². The molecule has 1 aliphatic carbocycles. The summed E-state index contributed by atoms with van der Waals surface area (Å²) in [7, 11) is 0. The van der Waals surface area contributed by atoms with Gasteiger partial charge in [-0.25, -0.2) is 0 Å². The lowest BCUT2D eigenvalue weighted by molar-refractivity contribution is 0.195. The van der Waals surface area contributed by atoms with E-state index in [9.17, 15) is 16.4 Å². The molecule has 12 rings (SSSR count). The van der Waals surface area contributed by atoms with Gasteiger partial charge < -0.3 is 14.5 Å². The van der Waals surface area contributed by atoms with E-state index in [0.29, 0.717) is 42.6 Å². The zero-order valence-corrected chi connectivity index (χ0v) is 37.0. The molecule has 4 aliphatic rings. The number of hydrogen-bond donors (Lipinski definition) is 0. The normalized spacial score (nSPS) is 25.2. The summed E-state index contributed by atoms with van der Waals surface area (Å²) in [5.74, 6) is -0.887. The van der Waals surface area contributed by atoms with Gasteiger partial charge in [-0.15, -0.1) is 11.3 Å². The Kier molecular flexibility index (Phi) is 4.65. The monoisotopic (exact) mass is 876 g/mol. The molecule has 8 aromatic rings. The summed E-state index contributed by atoms with van der Waals surface area (Å²) in [4.78, 5) is 2.63. The molecule has 0 saturated heterocycles. The van der Waals surface area contributed by atoms with Crippen molar-refractivity contribution in [2.75, 3.05) is 9.80 Å². The lowest BCUT2D eigenvalue weighted by atomic mass is 9.34. The number of benzene rings is 7. The fourth-order valence-electron chi connectivity index (χ4n) is 10.6. The molecular formula is C59H55BN2OS. The molecule has 0 N–H and O–H groups in total. The van der Waals surface area contributed by atoms with Gasteiger partial charge in [0, 0.05) is 52.8 Å². The van der Waals surface area contributed by atoms with Gasteiger partial charge in [0.2, 0.25) is 0 Å². The smallest absolute Gasteiger partial charge is 0.256 e. The summed E-state index contributed by atoms with van der Waals surface area (Å²) >= 11 is 0.674. The van der Waals surface area contributed by atoms with Crippen molar-refractivity contribution in [3.8, 4) is 33.1 Å². The Morgan fingerprint density at radius 1 is 0.719 bits per heavy atom. The van der Waals surface area contributed by atoms with E-state index in [2.05, 4.69) is 0 Å². The maximum atomic E-state index is 10.9. The van der Waals surface area contributed by atoms with Gasteiger partial charge in [-0.2, -0.15) is 0 Å². The highest BCUT2D eigenvalue weighted by Gasteiger charge is 2.57. The molecule has 3 aliphatic heterocycles. The SMILES string of the molecule is [2H]c1c([2H])c([2H])c(-c2sc3c([2H])c4c(cc3c2-c2c([2H])c([2H])c([2H])c([2H])c2[2H])Oc2c([2H])c(C([2H])([2H])[2H])c([2H])c3c2B4c2c([2H])c([2H])c(N4c5c([2H])c([2H])c([2H])c([2H])c5C5(C)CCCCC45C)c([2H])c2N3c2c(C)c([2H])c(C(C)(C)C)c([2H])c2C)c([2H])c1[2H]. The van der Waals surface area contributed by atoms with E-state index in [1.807, 2.05) is 34.6 Å². The summed E-state index contributed by atoms with van der Waals surface area (Å²) in [5, 5.41) is -0.124. The predicted octanol–water partition coefficient (Wildman–Crippen LogP) is 14.6. The second-order valence-corrected chi connectivity index (χ2v) is 19.5. The maximum Gasteiger partial charge on any atom is 0.256 e. The van der Waals surface area contributed by atoms with Crippen LogP contribution < -0.4 is 30.9 Å². The van der Waals surface area contributed by atoms with Crippen LogP contribution in [0.3, 0.4) is 0 Å². The van der Waals surface area contributed by atoms with E-state index >= 15 is 0 Å². The summed E-state index contributed by atoms with van der Waals surface area (Å²) in [6.07, 6.45) is 1.99. The van der Waals surface area contributed by atoms with Gasteiger partial charge in [0.1, 0.15) is 11.5 Å². The molecule has 1 aromatic heterocycles. The molecule has 64 heavy (non-hydrogen) atoms. The van der Waals surface area contributed by atoms with Crippen molar-refractivity contribution in [3.63, 3.8) is 0 Å². The molecule has 1 fully saturated rings. The second kappa shape index (κ2) is 14.0. The molecule has 0 bridgehead atoms. The second-order valence-electron chi connectivity index (χ2n) is 18.5. The lowest BCUT2D eigenvalue weighted by Crippen LogP contribution is -2.59. The summed E-state index contributed by atoms with van der Waals surface area (Å²) in [6, 6.07) is -12.6. The molecule has 316 valence electrons. The zero-order valence-electron chi connectivity index (χ0n) is 61.2. The average Bonchev–Trinajstić information content (AvgIpc) is 1.67. The Balaban J connectivity index is 1.30. The highest BCUT2D eigenvalue weighted by atomic mass is 32.1. The minimum Gasteiger partial charge on any atom is -0.458 e. The van der Waals surface area contributed by atoms with Crippen molar-refractivity contribution in [1.29, 1.82) is 0 Å². The van der Waals surface area contributed by atoms with Crippen LogP contribution >= 0.6 is 11.3 Å². The third-order valence-electron chi connectivity index (χ3n) is 13.8. The number of fused-ring (bicyclic) bond motifs is 8. The van der Waals surface area contributed by atoms with Crippen LogP contribution in [0.25, 0.3) is 31.7 Å². The molecule has 2 unspecified atom stereocenters. The van der Waals surface area contributed by atoms with Gasteiger partial charge >= 0.3 is 0 Å². The first-order valence-electron chi connectivity index (χ1n) is 33.8. The number of hydrogen-bond acceptors (Lipinski definition) is 4. The van der Waals surface area contributed by atoms with Crippen LogP contribution in [0.15, 0.2) is 139 Å². The lowest BCUT2D eigenvalue weighted by Gasteiger charge is -2.50. The van der Waals surface area contributed by atoms with Crippen LogP contribution in [-0.2, 0) is 10.8 Å². The Hall–Kier alpha value is -6.04. The number of para-hydroxylation sites is 1. The minimum atomic E-state index is -3.29. The molecule has 2 atom stereocenters. The first-order valence-corrected chi connectivity index (χ1v) is 22.1. The highest BCUT2D eigenvalue weighted by molar-refractivity contribution is 7.23. The number of rotatable bonds is 4. The van der Waals surface area contributed by atoms with Crippen LogP contribution in [0, 0.1) is 20.7 Å². The van der Waals surface area contributed by atoms with Crippen molar-refractivity contribution < 1.29 is 39.0 Å². The molecule has 0 amide bonds. The quantitative estimate of drug-likeness (QED) is 0.164. The third-order valence-corrected chi connectivity index (χ3v) is 14.9. The number of ether oxygens (including phenoxy) is 1. The molecule has 7 aromatic carbocycles. The van der Waals surface area contributed by atoms with Gasteiger partial charge in [0.25, 0.3) is 6.71 Å². The number of nitrogens with zero attached hydrogens (tertiary/aromatic N) is 2. The zero-order chi connectivity index (χ0) is 65.5. The van der Waals surface area contributed by atoms with Gasteiger partial charge in [-0.3, -0.25) is 0 Å². The Bertz CT molecular complexity index is 4540. The largest absolute Gasteiger partial charge is 0.458 e. The fourth-order valence-corrected chi connectivity index (χ4v) is 11.7. The minimum absolute atomic E-state index is 0.0104. The van der Waals surface area contributed by atoms with Crippen LogP contribution in [0.1, 0.15) is 122 Å². The third kappa shape index (κ3) is 5.59. The van der Waals surface area contributed by atoms with Crippen LogP contribution in [0.5, 0.6) is 11.5 Å². The average molecular weight is 876 g/mol. The van der Waals surface area contributed by atoms with Gasteiger partial charge in [-0.05, 0) is 144 Å². The molecule has 1 saturated carbocycles. The van der Waals surface area contributed by atoms with Crippen molar-refractivity contribution >= 4 is 73.0 Å². The standard InChI is InChI=1S/C59H55BN2OS/c1-36-29-49-54-51(30-36)63-50-34-43-52(64-56(40-21-13-10-14-22-40)53(43)39-19-11-9-12-20-39)35-46(50)60(54)45-26-25-42(33-48(45)61(49)55-37(2)31-41(32-38(55)3)57(4,5)6)62-47-24-16-15-23-44(47)58(7)27-17-18-28-59(58,62)8/h9-16,19-26,29-35H,17-18,27-28H2,1-8H3/i1D3,9D,10D,11D,12D,13D,14D,15D,16D,19D,20D,21D,22D,23D,24D,25D,26D,29D,30D,31D,32D,33D,35D. The van der Waals surface area contributed by atoms with Crippen molar-refractivity contribution in [3.05, 3.63) is 167 Å². The Morgan fingerprint density at radius 2 is 1.42 bits per heavy atom. The Morgan fingerprint density at radius 3 is 2.16 bits per heavy atom. The summed E-state index contributed by atoms with van der Waals surface area (Å²) in [5.41, 5.74) is -5.96. The van der Waals surface area contributed by atoms with Crippen molar-refractivity contribution in [2.45, 2.75) is 97.4 Å². The number of thiophene rings is 1. The molecule has 0 spiro atoms. The molecule has 5 heteroatoms. The van der Waals surface area contributed by atoms with Crippen LogP contribution in [0.4, 0.5) is 28.4 Å². The summed E-state index contributed by atoms with van der Waals surface area (Å²) < 4.78 is 241. The van der Waals surface area contributed by atoms with Gasteiger partial charge in [-0.1, -0.05) is 137 Å². The van der Waals surface area contributed by atoms with Gasteiger partial charge in [0.15, 0.2) is 0 Å². The van der Waals surface area contributed by atoms with Crippen LogP contribution in [-0.4, -0.2) is 12.3 Å². The van der Waals surface area contributed by atoms with E-state index < -0.39 is 167 Å². The van der Waals surface area contributed by atoms with E-state index in [0.717, 1.165) is 0 Å². The first-order chi connectivity index (χ1) is 41.3. The Labute approximate surface area is 418 Å². The number of anilines is 5. The fraction of sp³-hybridized carbons (Fsp3) is 0.254. The van der Waals surface area contributed by atoms with Gasteiger partial charge in [0.05, 0.1) is 41.4 Å².